The van der Waals surface area contributed by atoms with Crippen LogP contribution in [0.1, 0.15) is 30.0 Å². The highest BCUT2D eigenvalue weighted by atomic mass is 35.5. The van der Waals surface area contributed by atoms with Gasteiger partial charge in [-0.15, -0.1) is 0 Å². The van der Waals surface area contributed by atoms with E-state index in [1.165, 1.54) is 36.3 Å². The maximum absolute atomic E-state index is 14.6. The van der Waals surface area contributed by atoms with E-state index in [1.807, 2.05) is 50.2 Å². The SMILES string of the molecule is CCCNC(=O)[C@@H](Cc1ccccc1)N(Cc1cccc(OC)c1)C(=O)CN(c1ccc(OC)c(Cl)c1)S(=O)(=O)c1ccc(C)cc1. The van der Waals surface area contributed by atoms with Gasteiger partial charge in [-0.1, -0.05) is 78.7 Å². The number of carbonyl (C=O) groups is 2. The number of hydrogen-bond donors (Lipinski definition) is 1. The van der Waals surface area contributed by atoms with Crippen molar-refractivity contribution in [3.05, 3.63) is 119 Å². The molecule has 9 nitrogen and oxygen atoms in total. The Bertz CT molecular complexity index is 1770. The van der Waals surface area contributed by atoms with Crippen molar-refractivity contribution in [1.82, 2.24) is 10.2 Å². The molecule has 11 heteroatoms. The number of hydrogen-bond acceptors (Lipinski definition) is 6. The number of aryl methyl sites for hydroxylation is 1. The van der Waals surface area contributed by atoms with E-state index < -0.39 is 28.5 Å². The Balaban J connectivity index is 1.83. The summed E-state index contributed by atoms with van der Waals surface area (Å²) in [5, 5.41) is 3.12. The van der Waals surface area contributed by atoms with Crippen molar-refractivity contribution in [3.63, 3.8) is 0 Å². The molecule has 4 aromatic rings. The van der Waals surface area contributed by atoms with Crippen molar-refractivity contribution in [2.75, 3.05) is 31.6 Å². The van der Waals surface area contributed by atoms with Crippen molar-refractivity contribution in [1.29, 1.82) is 0 Å². The topological polar surface area (TPSA) is 105 Å². The zero-order valence-corrected chi connectivity index (χ0v) is 28.6. The first-order valence-electron chi connectivity index (χ1n) is 15.2. The molecule has 0 bridgehead atoms. The predicted molar refractivity (Wildman–Crippen MR) is 184 cm³/mol. The first-order valence-corrected chi connectivity index (χ1v) is 17.1. The molecule has 0 saturated heterocycles. The Labute approximate surface area is 282 Å². The summed E-state index contributed by atoms with van der Waals surface area (Å²) in [6.07, 6.45) is 0.916. The van der Waals surface area contributed by atoms with Gasteiger partial charge in [0.05, 0.1) is 29.8 Å². The molecule has 0 heterocycles. The predicted octanol–water partition coefficient (Wildman–Crippen LogP) is 6.03. The normalized spacial score (nSPS) is 11.8. The minimum absolute atomic E-state index is 0.00344. The number of nitrogens with one attached hydrogen (secondary N) is 1. The molecule has 0 unspecified atom stereocenters. The number of methoxy groups -OCH3 is 2. The maximum atomic E-state index is 14.6. The minimum atomic E-state index is -4.27. The van der Waals surface area contributed by atoms with Crippen LogP contribution in [0.5, 0.6) is 11.5 Å². The summed E-state index contributed by atoms with van der Waals surface area (Å²) in [5.41, 5.74) is 2.60. The molecule has 0 radical (unpaired) electrons. The largest absolute Gasteiger partial charge is 0.497 e. The van der Waals surface area contributed by atoms with E-state index in [4.69, 9.17) is 21.1 Å². The summed E-state index contributed by atoms with van der Waals surface area (Å²) in [6.45, 7) is 3.64. The van der Waals surface area contributed by atoms with Gasteiger partial charge in [0.15, 0.2) is 0 Å². The van der Waals surface area contributed by atoms with Crippen LogP contribution in [0.25, 0.3) is 0 Å². The Hall–Kier alpha value is -4.54. The number of carbonyl (C=O) groups excluding carboxylic acids is 2. The number of nitrogens with zero attached hydrogens (tertiary/aromatic N) is 2. The lowest BCUT2D eigenvalue weighted by Crippen LogP contribution is -2.53. The molecular formula is C36H40ClN3O6S. The van der Waals surface area contributed by atoms with E-state index in [0.29, 0.717) is 30.0 Å². The fraction of sp³-hybridized carbons (Fsp3) is 0.278. The molecule has 0 spiro atoms. The molecule has 0 fully saturated rings. The molecule has 2 amide bonds. The van der Waals surface area contributed by atoms with E-state index in [1.54, 1.807) is 43.5 Å². The third-order valence-electron chi connectivity index (χ3n) is 7.62. The highest BCUT2D eigenvalue weighted by molar-refractivity contribution is 7.92. The van der Waals surface area contributed by atoms with E-state index >= 15 is 0 Å². The monoisotopic (exact) mass is 677 g/mol. The first-order chi connectivity index (χ1) is 22.6. The molecule has 0 aliphatic carbocycles. The summed E-state index contributed by atoms with van der Waals surface area (Å²) in [4.78, 5) is 29.8. The van der Waals surface area contributed by atoms with Crippen molar-refractivity contribution in [2.45, 2.75) is 44.2 Å². The number of halogens is 1. The van der Waals surface area contributed by atoms with Gasteiger partial charge in [0.25, 0.3) is 10.0 Å². The lowest BCUT2D eigenvalue weighted by molar-refractivity contribution is -0.140. The molecule has 248 valence electrons. The van der Waals surface area contributed by atoms with E-state index in [9.17, 15) is 18.0 Å². The summed E-state index contributed by atoms with van der Waals surface area (Å²) in [5.74, 6) is 0.0152. The van der Waals surface area contributed by atoms with Crippen molar-refractivity contribution in [3.8, 4) is 11.5 Å². The average molecular weight is 678 g/mol. The third-order valence-corrected chi connectivity index (χ3v) is 9.70. The standard InChI is InChI=1S/C36H40ClN3O6S/c1-5-20-38-36(42)33(22-27-10-7-6-8-11-27)39(24-28-12-9-13-30(21-28)45-3)35(41)25-40(29-16-19-34(46-4)32(37)23-29)47(43,44)31-17-14-26(2)15-18-31/h6-19,21,23,33H,5,20,22,24-25H2,1-4H3,(H,38,42)/t33-/m1/s1. The van der Waals surface area contributed by atoms with E-state index in [-0.39, 0.29) is 34.5 Å². The minimum Gasteiger partial charge on any atom is -0.497 e. The molecule has 0 aromatic heterocycles. The van der Waals surface area contributed by atoms with Crippen molar-refractivity contribution < 1.29 is 27.5 Å². The second kappa shape index (κ2) is 16.3. The molecule has 4 aromatic carbocycles. The van der Waals surface area contributed by atoms with Gasteiger partial charge in [-0.25, -0.2) is 8.42 Å². The first kappa shape index (κ1) is 35.3. The van der Waals surface area contributed by atoms with Gasteiger partial charge >= 0.3 is 0 Å². The van der Waals surface area contributed by atoms with Crippen LogP contribution in [0.3, 0.4) is 0 Å². The molecule has 1 N–H and O–H groups in total. The van der Waals surface area contributed by atoms with Crippen LogP contribution < -0.4 is 19.1 Å². The summed E-state index contributed by atoms with van der Waals surface area (Å²) < 4.78 is 40.2. The maximum Gasteiger partial charge on any atom is 0.264 e. The lowest BCUT2D eigenvalue weighted by Gasteiger charge is -2.34. The molecule has 0 aliphatic heterocycles. The van der Waals surface area contributed by atoms with Gasteiger partial charge in [0.1, 0.15) is 24.1 Å². The summed E-state index contributed by atoms with van der Waals surface area (Å²) >= 11 is 6.45. The second-order valence-electron chi connectivity index (χ2n) is 11.0. The Morgan fingerprint density at radius 3 is 2.21 bits per heavy atom. The van der Waals surface area contributed by atoms with Gasteiger partial charge in [-0.3, -0.25) is 13.9 Å². The van der Waals surface area contributed by atoms with Crippen LogP contribution in [-0.4, -0.2) is 58.5 Å². The van der Waals surface area contributed by atoms with Gasteiger partial charge in [0.2, 0.25) is 11.8 Å². The Morgan fingerprint density at radius 2 is 1.57 bits per heavy atom. The number of ether oxygens (including phenoxy) is 2. The highest BCUT2D eigenvalue weighted by Gasteiger charge is 2.35. The van der Waals surface area contributed by atoms with Crippen molar-refractivity contribution >= 4 is 39.1 Å². The summed E-state index contributed by atoms with van der Waals surface area (Å²) in [6, 6.07) is 26.5. The van der Waals surface area contributed by atoms with Crippen LogP contribution in [0.15, 0.2) is 102 Å². The van der Waals surface area contributed by atoms with Crippen LogP contribution in [0.4, 0.5) is 5.69 Å². The molecular weight excluding hydrogens is 638 g/mol. The number of benzene rings is 4. The van der Waals surface area contributed by atoms with Gasteiger partial charge < -0.3 is 19.7 Å². The second-order valence-corrected chi connectivity index (χ2v) is 13.3. The fourth-order valence-electron chi connectivity index (χ4n) is 5.06. The summed E-state index contributed by atoms with van der Waals surface area (Å²) in [7, 11) is -1.27. The van der Waals surface area contributed by atoms with E-state index in [0.717, 1.165) is 15.4 Å². The molecule has 0 aliphatic rings. The van der Waals surface area contributed by atoms with Crippen LogP contribution in [0, 0.1) is 6.92 Å². The molecule has 1 atom stereocenters. The van der Waals surface area contributed by atoms with Gasteiger partial charge in [-0.05, 0) is 66.9 Å². The van der Waals surface area contributed by atoms with Crippen LogP contribution in [-0.2, 0) is 32.6 Å². The average Bonchev–Trinajstić information content (AvgIpc) is 3.08. The molecule has 47 heavy (non-hydrogen) atoms. The number of sulfonamides is 1. The van der Waals surface area contributed by atoms with Crippen LogP contribution >= 0.6 is 11.6 Å². The zero-order valence-electron chi connectivity index (χ0n) is 27.0. The number of rotatable bonds is 15. The third kappa shape index (κ3) is 9.05. The van der Waals surface area contributed by atoms with Crippen molar-refractivity contribution in [2.24, 2.45) is 0 Å². The fourth-order valence-corrected chi connectivity index (χ4v) is 6.72. The highest BCUT2D eigenvalue weighted by Crippen LogP contribution is 2.32. The molecule has 0 saturated carbocycles. The van der Waals surface area contributed by atoms with Crippen LogP contribution in [0.2, 0.25) is 5.02 Å². The smallest absolute Gasteiger partial charge is 0.264 e. The quantitative estimate of drug-likeness (QED) is 0.165. The van der Waals surface area contributed by atoms with Gasteiger partial charge in [0, 0.05) is 19.5 Å². The zero-order chi connectivity index (χ0) is 34.0. The lowest BCUT2D eigenvalue weighted by atomic mass is 10.0. The number of anilines is 1. The Morgan fingerprint density at radius 1 is 0.872 bits per heavy atom. The van der Waals surface area contributed by atoms with Gasteiger partial charge in [-0.2, -0.15) is 0 Å². The van der Waals surface area contributed by atoms with E-state index in [2.05, 4.69) is 5.32 Å². The number of amides is 2. The Kier molecular flexibility index (Phi) is 12.3. The molecule has 4 rings (SSSR count).